The van der Waals surface area contributed by atoms with Gasteiger partial charge in [0.25, 0.3) is 0 Å². The lowest BCUT2D eigenvalue weighted by molar-refractivity contribution is -0.116. The Hall–Kier alpha value is -3.08. The molecule has 0 aliphatic carbocycles. The van der Waals surface area contributed by atoms with E-state index in [0.717, 1.165) is 40.5 Å². The van der Waals surface area contributed by atoms with E-state index in [1.54, 1.807) is 31.6 Å². The number of hydrogen-bond donors (Lipinski definition) is 1. The van der Waals surface area contributed by atoms with Crippen molar-refractivity contribution in [3.05, 3.63) is 60.1 Å². The highest BCUT2D eigenvalue weighted by molar-refractivity contribution is 6.00. The summed E-state index contributed by atoms with van der Waals surface area (Å²) in [5, 5.41) is 3.82. The van der Waals surface area contributed by atoms with Crippen molar-refractivity contribution in [2.24, 2.45) is 0 Å². The van der Waals surface area contributed by atoms with Gasteiger partial charge in [-0.2, -0.15) is 0 Å². The van der Waals surface area contributed by atoms with E-state index in [0.29, 0.717) is 17.9 Å². The number of methoxy groups -OCH3 is 1. The number of hydrogen-bond acceptors (Lipinski definition) is 3. The fourth-order valence-corrected chi connectivity index (χ4v) is 3.47. The molecule has 1 amide bonds. The van der Waals surface area contributed by atoms with Crippen LogP contribution in [0.15, 0.2) is 53.2 Å². The van der Waals surface area contributed by atoms with Crippen LogP contribution in [0.3, 0.4) is 0 Å². The Labute approximate surface area is 176 Å². The topological polar surface area (TPSA) is 51.5 Å². The van der Waals surface area contributed by atoms with Crippen LogP contribution in [0.2, 0.25) is 0 Å². The summed E-state index contributed by atoms with van der Waals surface area (Å²) < 4.78 is 24.5. The Balaban J connectivity index is 1.87. The van der Waals surface area contributed by atoms with E-state index in [2.05, 4.69) is 12.2 Å². The van der Waals surface area contributed by atoms with Crippen molar-refractivity contribution in [1.82, 2.24) is 5.32 Å². The highest BCUT2D eigenvalue weighted by Crippen LogP contribution is 2.37. The number of ether oxygens (including phenoxy) is 1. The molecule has 1 aromatic heterocycles. The highest BCUT2D eigenvalue weighted by Gasteiger charge is 2.15. The average Bonchev–Trinajstić information content (AvgIpc) is 3.16. The number of benzene rings is 2. The molecule has 0 saturated heterocycles. The van der Waals surface area contributed by atoms with Crippen LogP contribution in [0.5, 0.6) is 5.75 Å². The molecule has 0 unspecified atom stereocenters. The number of carbonyl (C=O) groups is 1. The van der Waals surface area contributed by atoms with E-state index in [1.165, 1.54) is 25.0 Å². The lowest BCUT2D eigenvalue weighted by atomic mass is 9.99. The molecule has 0 saturated carbocycles. The fourth-order valence-electron chi connectivity index (χ4n) is 3.47. The van der Waals surface area contributed by atoms with Gasteiger partial charge in [0.05, 0.1) is 13.4 Å². The van der Waals surface area contributed by atoms with Crippen molar-refractivity contribution in [2.45, 2.75) is 39.5 Å². The molecule has 0 atom stereocenters. The van der Waals surface area contributed by atoms with Crippen molar-refractivity contribution in [1.29, 1.82) is 0 Å². The van der Waals surface area contributed by atoms with Crippen LogP contribution >= 0.6 is 0 Å². The third-order valence-corrected chi connectivity index (χ3v) is 5.15. The Morgan fingerprint density at radius 2 is 1.93 bits per heavy atom. The third kappa shape index (κ3) is 5.09. The van der Waals surface area contributed by atoms with Gasteiger partial charge in [0.1, 0.15) is 17.1 Å². The minimum absolute atomic E-state index is 0.114. The monoisotopic (exact) mass is 409 g/mol. The maximum Gasteiger partial charge on any atom is 0.244 e. The van der Waals surface area contributed by atoms with Crippen LogP contribution in [0.25, 0.3) is 27.7 Å². The molecule has 0 radical (unpaired) electrons. The predicted octanol–water partition coefficient (Wildman–Crippen LogP) is 6.35. The molecule has 158 valence electrons. The Bertz CT molecular complexity index is 1030. The van der Waals surface area contributed by atoms with Gasteiger partial charge in [0.2, 0.25) is 5.91 Å². The van der Waals surface area contributed by atoms with Crippen LogP contribution in [0.1, 0.15) is 45.1 Å². The van der Waals surface area contributed by atoms with Crippen molar-refractivity contribution < 1.29 is 18.3 Å². The van der Waals surface area contributed by atoms with Gasteiger partial charge in [0, 0.05) is 35.2 Å². The maximum atomic E-state index is 13.3. The molecule has 0 spiro atoms. The van der Waals surface area contributed by atoms with Crippen molar-refractivity contribution in [2.75, 3.05) is 13.7 Å². The zero-order chi connectivity index (χ0) is 21.5. The fraction of sp³-hybridized carbons (Fsp3) is 0.320. The normalized spacial score (nSPS) is 11.7. The molecule has 5 heteroatoms. The molecule has 30 heavy (non-hydrogen) atoms. The van der Waals surface area contributed by atoms with E-state index in [1.807, 2.05) is 19.1 Å². The van der Waals surface area contributed by atoms with Crippen LogP contribution in [-0.2, 0) is 4.79 Å². The molecule has 4 nitrogen and oxygen atoms in total. The molecule has 0 bridgehead atoms. The van der Waals surface area contributed by atoms with Crippen molar-refractivity contribution >= 4 is 22.4 Å². The summed E-state index contributed by atoms with van der Waals surface area (Å²) in [6.45, 7) is 4.73. The van der Waals surface area contributed by atoms with Gasteiger partial charge in [0.15, 0.2) is 0 Å². The van der Waals surface area contributed by atoms with Crippen molar-refractivity contribution in [3.63, 3.8) is 0 Å². The van der Waals surface area contributed by atoms with Crippen LogP contribution in [0.4, 0.5) is 4.39 Å². The van der Waals surface area contributed by atoms with Crippen LogP contribution in [0, 0.1) is 5.82 Å². The summed E-state index contributed by atoms with van der Waals surface area (Å²) in [5.41, 5.74) is 4.00. The number of fused-ring (bicyclic) bond motifs is 1. The van der Waals surface area contributed by atoms with E-state index in [-0.39, 0.29) is 11.7 Å². The van der Waals surface area contributed by atoms with Gasteiger partial charge in [-0.15, -0.1) is 0 Å². The van der Waals surface area contributed by atoms with E-state index >= 15 is 0 Å². The Kier molecular flexibility index (Phi) is 7.28. The minimum Gasteiger partial charge on any atom is -0.496 e. The van der Waals surface area contributed by atoms with E-state index < -0.39 is 0 Å². The summed E-state index contributed by atoms with van der Waals surface area (Å²) in [7, 11) is 1.59. The molecule has 1 heterocycles. The first-order valence-electron chi connectivity index (χ1n) is 10.3. The third-order valence-electron chi connectivity index (χ3n) is 5.15. The number of nitrogens with one attached hydrogen (secondary N) is 1. The van der Waals surface area contributed by atoms with Gasteiger partial charge < -0.3 is 14.5 Å². The number of unbranched alkanes of at least 4 members (excludes halogenated alkanes) is 3. The number of allylic oxidation sites excluding steroid dienone is 1. The predicted molar refractivity (Wildman–Crippen MR) is 119 cm³/mol. The molecule has 3 rings (SSSR count). The quantitative estimate of drug-likeness (QED) is 0.331. The molecule has 1 N–H and O–H groups in total. The van der Waals surface area contributed by atoms with Gasteiger partial charge in [-0.3, -0.25) is 4.79 Å². The SMILES string of the molecule is CCCCCCNC(=O)/C=C(\C)c1cc2c(-c3ccc(F)cc3)coc2cc1OC. The smallest absolute Gasteiger partial charge is 0.244 e. The Morgan fingerprint density at radius 3 is 2.63 bits per heavy atom. The molecule has 0 fully saturated rings. The second-order valence-corrected chi connectivity index (χ2v) is 7.38. The molecular formula is C25H28FNO3. The number of amides is 1. The number of halogens is 1. The molecule has 0 aliphatic rings. The largest absolute Gasteiger partial charge is 0.496 e. The maximum absolute atomic E-state index is 13.3. The minimum atomic E-state index is -0.284. The summed E-state index contributed by atoms with van der Waals surface area (Å²) >= 11 is 0. The first-order chi connectivity index (χ1) is 14.5. The average molecular weight is 410 g/mol. The van der Waals surface area contributed by atoms with Crippen molar-refractivity contribution in [3.8, 4) is 16.9 Å². The summed E-state index contributed by atoms with van der Waals surface area (Å²) in [5.74, 6) is 0.234. The number of carbonyl (C=O) groups excluding carboxylic acids is 1. The lowest BCUT2D eigenvalue weighted by Gasteiger charge is -2.10. The number of furan rings is 1. The second kappa shape index (κ2) is 10.1. The van der Waals surface area contributed by atoms with Gasteiger partial charge >= 0.3 is 0 Å². The molecule has 3 aromatic rings. The first kappa shape index (κ1) is 21.6. The summed E-state index contributed by atoms with van der Waals surface area (Å²) in [6, 6.07) is 10.1. The summed E-state index contributed by atoms with van der Waals surface area (Å²) in [6.07, 6.45) is 7.71. The van der Waals surface area contributed by atoms with E-state index in [9.17, 15) is 9.18 Å². The van der Waals surface area contributed by atoms with Gasteiger partial charge in [-0.25, -0.2) is 4.39 Å². The molecule has 2 aromatic carbocycles. The number of rotatable bonds is 9. The zero-order valence-corrected chi connectivity index (χ0v) is 17.8. The zero-order valence-electron chi connectivity index (χ0n) is 17.8. The Morgan fingerprint density at radius 1 is 1.17 bits per heavy atom. The van der Waals surface area contributed by atoms with Gasteiger partial charge in [-0.1, -0.05) is 38.3 Å². The highest BCUT2D eigenvalue weighted by atomic mass is 19.1. The molecule has 0 aliphatic heterocycles. The van der Waals surface area contributed by atoms with Crippen LogP contribution < -0.4 is 10.1 Å². The van der Waals surface area contributed by atoms with Gasteiger partial charge in [-0.05, 0) is 42.7 Å². The van der Waals surface area contributed by atoms with Crippen LogP contribution in [-0.4, -0.2) is 19.6 Å². The molecular weight excluding hydrogens is 381 g/mol. The first-order valence-corrected chi connectivity index (χ1v) is 10.3. The van der Waals surface area contributed by atoms with E-state index in [4.69, 9.17) is 9.15 Å². The second-order valence-electron chi connectivity index (χ2n) is 7.38. The lowest BCUT2D eigenvalue weighted by Crippen LogP contribution is -2.22. The summed E-state index contributed by atoms with van der Waals surface area (Å²) in [4.78, 5) is 12.3. The standard InChI is InChI=1S/C25H28FNO3/c1-4-5-6-7-12-27-25(28)13-17(2)20-14-21-22(18-8-10-19(26)11-9-18)16-30-24(21)15-23(20)29-3/h8-11,13-16H,4-7,12H2,1-3H3,(H,27,28)/b17-13+.